The largest absolute Gasteiger partial charge is 0.390 e. The van der Waals surface area contributed by atoms with Crippen LogP contribution in [0.2, 0.25) is 0 Å². The van der Waals surface area contributed by atoms with Crippen molar-refractivity contribution in [3.05, 3.63) is 22.6 Å². The molecule has 0 saturated heterocycles. The van der Waals surface area contributed by atoms with Gasteiger partial charge in [0.05, 0.1) is 5.60 Å². The van der Waals surface area contributed by atoms with Crippen molar-refractivity contribution < 1.29 is 5.11 Å². The number of aliphatic hydroxyl groups is 1. The van der Waals surface area contributed by atoms with Gasteiger partial charge < -0.3 is 9.67 Å². The number of imidazole rings is 1. The van der Waals surface area contributed by atoms with Crippen LogP contribution in [0.3, 0.4) is 0 Å². The smallest absolute Gasteiger partial charge is 0.160 e. The predicted octanol–water partition coefficient (Wildman–Crippen LogP) is 2.59. The fourth-order valence-corrected chi connectivity index (χ4v) is 2.97. The molecular weight excluding hydrogens is 282 g/mol. The second kappa shape index (κ2) is 3.53. The quantitative estimate of drug-likeness (QED) is 0.880. The van der Waals surface area contributed by atoms with Crippen molar-refractivity contribution in [2.45, 2.75) is 38.3 Å². The highest BCUT2D eigenvalue weighted by molar-refractivity contribution is 9.10. The molecule has 1 N–H and O–H groups in total. The minimum Gasteiger partial charge on any atom is -0.390 e. The van der Waals surface area contributed by atoms with Gasteiger partial charge in [-0.3, -0.25) is 0 Å². The Hall–Kier alpha value is -0.940. The molecule has 1 aliphatic carbocycles. The van der Waals surface area contributed by atoms with Crippen LogP contribution in [0, 0.1) is 6.92 Å². The number of pyridine rings is 1. The van der Waals surface area contributed by atoms with Crippen molar-refractivity contribution >= 4 is 27.1 Å². The molecule has 0 radical (unpaired) electrons. The van der Waals surface area contributed by atoms with Gasteiger partial charge in [-0.15, -0.1) is 0 Å². The summed E-state index contributed by atoms with van der Waals surface area (Å²) in [6.07, 6.45) is 3.34. The number of halogens is 1. The van der Waals surface area contributed by atoms with Crippen LogP contribution in [-0.4, -0.2) is 25.2 Å². The van der Waals surface area contributed by atoms with Crippen molar-refractivity contribution in [2.75, 3.05) is 0 Å². The third-order valence-corrected chi connectivity index (χ3v) is 3.82. The average Bonchev–Trinajstić information content (AvgIpc) is 2.49. The van der Waals surface area contributed by atoms with Gasteiger partial charge in [0.1, 0.15) is 11.3 Å². The Morgan fingerprint density at radius 2 is 2.24 bits per heavy atom. The lowest BCUT2D eigenvalue weighted by molar-refractivity contribution is -0.0504. The fraction of sp³-hybridized carbons (Fsp3) is 0.500. The molecule has 0 unspecified atom stereocenters. The van der Waals surface area contributed by atoms with Gasteiger partial charge in [0.25, 0.3) is 0 Å². The second-order valence-corrected chi connectivity index (χ2v) is 6.00. The standard InChI is InChI=1S/C12H14BrN3O/c1-7-15-10-3-8(13)6-14-11(10)16(7)9-4-12(2,17)5-9/h3,6,9,17H,4-5H2,1-2H3. The van der Waals surface area contributed by atoms with E-state index in [2.05, 4.69) is 30.5 Å². The van der Waals surface area contributed by atoms with Crippen molar-refractivity contribution in [3.8, 4) is 0 Å². The normalized spacial score (nSPS) is 28.4. The summed E-state index contributed by atoms with van der Waals surface area (Å²) in [4.78, 5) is 8.94. The highest BCUT2D eigenvalue weighted by atomic mass is 79.9. The summed E-state index contributed by atoms with van der Waals surface area (Å²) in [7, 11) is 0. The highest BCUT2D eigenvalue weighted by Crippen LogP contribution is 2.42. The Balaban J connectivity index is 2.08. The molecule has 90 valence electrons. The minimum absolute atomic E-state index is 0.323. The third-order valence-electron chi connectivity index (χ3n) is 3.39. The maximum absolute atomic E-state index is 9.83. The van der Waals surface area contributed by atoms with E-state index < -0.39 is 5.60 Å². The van der Waals surface area contributed by atoms with E-state index in [9.17, 15) is 5.11 Å². The lowest BCUT2D eigenvalue weighted by Crippen LogP contribution is -2.42. The summed E-state index contributed by atoms with van der Waals surface area (Å²) in [6.45, 7) is 3.87. The molecule has 2 aromatic rings. The average molecular weight is 296 g/mol. The zero-order valence-corrected chi connectivity index (χ0v) is 11.4. The number of hydrogen-bond donors (Lipinski definition) is 1. The molecule has 0 atom stereocenters. The van der Waals surface area contributed by atoms with Gasteiger partial charge in [-0.25, -0.2) is 9.97 Å². The number of aryl methyl sites for hydroxylation is 1. The Kier molecular flexibility index (Phi) is 2.32. The fourth-order valence-electron chi connectivity index (χ4n) is 2.65. The number of hydrogen-bond acceptors (Lipinski definition) is 3. The number of aromatic nitrogens is 3. The second-order valence-electron chi connectivity index (χ2n) is 5.08. The van der Waals surface area contributed by atoms with E-state index in [1.807, 2.05) is 19.9 Å². The molecular formula is C12H14BrN3O. The SMILES string of the molecule is Cc1nc2cc(Br)cnc2n1C1CC(C)(O)C1. The summed E-state index contributed by atoms with van der Waals surface area (Å²) < 4.78 is 3.08. The van der Waals surface area contributed by atoms with Crippen molar-refractivity contribution in [2.24, 2.45) is 0 Å². The third kappa shape index (κ3) is 1.77. The van der Waals surface area contributed by atoms with Gasteiger partial charge in [-0.1, -0.05) is 0 Å². The molecule has 2 heterocycles. The zero-order chi connectivity index (χ0) is 12.2. The zero-order valence-electron chi connectivity index (χ0n) is 9.81. The Morgan fingerprint density at radius 3 is 2.88 bits per heavy atom. The van der Waals surface area contributed by atoms with E-state index in [0.717, 1.165) is 34.3 Å². The van der Waals surface area contributed by atoms with E-state index in [4.69, 9.17) is 0 Å². The summed E-state index contributed by atoms with van der Waals surface area (Å²) in [5.41, 5.74) is 1.29. The molecule has 0 bridgehead atoms. The molecule has 2 aromatic heterocycles. The Bertz CT molecular complexity index is 583. The first-order valence-electron chi connectivity index (χ1n) is 5.69. The molecule has 17 heavy (non-hydrogen) atoms. The lowest BCUT2D eigenvalue weighted by atomic mass is 9.77. The lowest BCUT2D eigenvalue weighted by Gasteiger charge is -2.42. The van der Waals surface area contributed by atoms with Gasteiger partial charge >= 0.3 is 0 Å². The first-order chi connectivity index (χ1) is 7.96. The summed E-state index contributed by atoms with van der Waals surface area (Å²) >= 11 is 3.40. The van der Waals surface area contributed by atoms with Crippen molar-refractivity contribution in [1.29, 1.82) is 0 Å². The van der Waals surface area contributed by atoms with Gasteiger partial charge in [-0.05, 0) is 48.7 Å². The molecule has 0 amide bonds. The molecule has 4 nitrogen and oxygen atoms in total. The monoisotopic (exact) mass is 295 g/mol. The molecule has 1 aliphatic rings. The topological polar surface area (TPSA) is 50.9 Å². The summed E-state index contributed by atoms with van der Waals surface area (Å²) in [6, 6.07) is 2.30. The first-order valence-corrected chi connectivity index (χ1v) is 6.48. The number of rotatable bonds is 1. The van der Waals surface area contributed by atoms with E-state index in [1.54, 1.807) is 6.20 Å². The Morgan fingerprint density at radius 1 is 1.53 bits per heavy atom. The van der Waals surface area contributed by atoms with Crippen LogP contribution in [0.1, 0.15) is 31.6 Å². The van der Waals surface area contributed by atoms with Crippen LogP contribution in [0.15, 0.2) is 16.7 Å². The van der Waals surface area contributed by atoms with Crippen LogP contribution in [0.25, 0.3) is 11.2 Å². The van der Waals surface area contributed by atoms with E-state index in [-0.39, 0.29) is 0 Å². The van der Waals surface area contributed by atoms with Gasteiger partial charge in [0, 0.05) is 16.7 Å². The molecule has 5 heteroatoms. The van der Waals surface area contributed by atoms with Crippen molar-refractivity contribution in [3.63, 3.8) is 0 Å². The van der Waals surface area contributed by atoms with Gasteiger partial charge in [0.2, 0.25) is 0 Å². The van der Waals surface area contributed by atoms with Crippen molar-refractivity contribution in [1.82, 2.24) is 14.5 Å². The molecule has 0 spiro atoms. The predicted molar refractivity (Wildman–Crippen MR) is 68.9 cm³/mol. The van der Waals surface area contributed by atoms with E-state index >= 15 is 0 Å². The van der Waals surface area contributed by atoms with Crippen LogP contribution in [-0.2, 0) is 0 Å². The van der Waals surface area contributed by atoms with E-state index in [0.29, 0.717) is 6.04 Å². The number of nitrogens with zero attached hydrogens (tertiary/aromatic N) is 3. The molecule has 1 saturated carbocycles. The van der Waals surface area contributed by atoms with E-state index in [1.165, 1.54) is 0 Å². The molecule has 0 aromatic carbocycles. The summed E-state index contributed by atoms with van der Waals surface area (Å²) in [5, 5.41) is 9.83. The minimum atomic E-state index is -0.525. The molecule has 0 aliphatic heterocycles. The van der Waals surface area contributed by atoms with Crippen LogP contribution < -0.4 is 0 Å². The molecule has 1 fully saturated rings. The molecule has 3 rings (SSSR count). The Labute approximate surface area is 108 Å². The van der Waals surface area contributed by atoms with Crippen LogP contribution in [0.4, 0.5) is 0 Å². The first kappa shape index (κ1) is 11.2. The maximum atomic E-state index is 9.83. The van der Waals surface area contributed by atoms with Gasteiger partial charge in [-0.2, -0.15) is 0 Å². The van der Waals surface area contributed by atoms with Gasteiger partial charge in [0.15, 0.2) is 5.65 Å². The maximum Gasteiger partial charge on any atom is 0.160 e. The highest BCUT2D eigenvalue weighted by Gasteiger charge is 2.40. The summed E-state index contributed by atoms with van der Waals surface area (Å²) in [5.74, 6) is 0.964. The number of fused-ring (bicyclic) bond motifs is 1. The van der Waals surface area contributed by atoms with Crippen LogP contribution in [0.5, 0.6) is 0 Å². The van der Waals surface area contributed by atoms with Crippen LogP contribution >= 0.6 is 15.9 Å².